The van der Waals surface area contributed by atoms with Crippen LogP contribution >= 0.6 is 0 Å². The van der Waals surface area contributed by atoms with E-state index in [1.165, 1.54) is 0 Å². The minimum Gasteiger partial charge on any atom is -0.453 e. The van der Waals surface area contributed by atoms with Gasteiger partial charge in [-0.2, -0.15) is 0 Å². The maximum Gasteiger partial charge on any atom is 0.231 e. The number of ether oxygens (including phenoxy) is 24. The van der Waals surface area contributed by atoms with Crippen molar-refractivity contribution in [3.05, 3.63) is 138 Å². The number of benzene rings is 8. The molecule has 8 aromatic rings. The Hall–Kier alpha value is -11.0. The Balaban J connectivity index is 0.970. The standard InChI is InChI=1S/C76H64O24/c1-29-37-9-39-30(2)41-11-43-32(4)44-12-42-31(3)40-10-38(29)54-70-56(40)80-19-82-58(42)72-60(44)84-20-83-59(43)71-57(41)81-18-79-55(39)69(53(37)77-17-78-54)93-25-95-73-61-45-13-47-34(6)49-15-51-36(8)52-16-50-35(7)48-14-46(33(45)5)62(86-21-85-61)74(96-26-94-70)64(48)88-23-90-66(50)76(100-28-98-72)68(52)92-24-91-67(51)75(99-27-97-71)65(49)89-22-87-63(47)73/h9-16,29-36H,17-28H2,1-8H3. The molecule has 15 aliphatic rings. The van der Waals surface area contributed by atoms with Crippen molar-refractivity contribution >= 4 is 0 Å². The van der Waals surface area contributed by atoms with Gasteiger partial charge in [0, 0.05) is 136 Å². The second-order valence-corrected chi connectivity index (χ2v) is 27.0. The predicted octanol–water partition coefficient (Wildman–Crippen LogP) is 14.0. The summed E-state index contributed by atoms with van der Waals surface area (Å²) in [6.07, 6.45) is 0. The van der Waals surface area contributed by atoms with E-state index < -0.39 is 74.5 Å². The van der Waals surface area contributed by atoms with E-state index in [4.69, 9.17) is 114 Å². The molecule has 24 heteroatoms. The topological polar surface area (TPSA) is 222 Å². The molecule has 8 aromatic carbocycles. The van der Waals surface area contributed by atoms with Crippen molar-refractivity contribution in [1.29, 1.82) is 0 Å². The van der Waals surface area contributed by atoms with Gasteiger partial charge in [-0.3, -0.25) is 0 Å². The lowest BCUT2D eigenvalue weighted by atomic mass is 9.79. The molecule has 23 rings (SSSR count). The first-order valence-corrected chi connectivity index (χ1v) is 33.7. The average Bonchev–Trinajstić information content (AvgIpc) is 0.710. The molecule has 0 amide bonds. The van der Waals surface area contributed by atoms with Crippen molar-refractivity contribution in [2.45, 2.75) is 103 Å². The number of hydrogen-bond donors (Lipinski definition) is 0. The molecule has 15 heterocycles. The Morgan fingerprint density at radius 2 is 0.200 bits per heavy atom. The van der Waals surface area contributed by atoms with Crippen LogP contribution in [0.3, 0.4) is 0 Å². The van der Waals surface area contributed by atoms with E-state index in [1.54, 1.807) is 0 Å². The summed E-state index contributed by atoms with van der Waals surface area (Å²) in [5.41, 5.74) is 11.3. The first-order valence-electron chi connectivity index (χ1n) is 33.7. The minimum atomic E-state index is -0.585. The zero-order valence-electron chi connectivity index (χ0n) is 55.5. The van der Waals surface area contributed by atoms with Crippen LogP contribution in [-0.2, 0) is 0 Å². The lowest BCUT2D eigenvalue weighted by molar-refractivity contribution is 0.0433. The van der Waals surface area contributed by atoms with Crippen LogP contribution in [0, 0.1) is 0 Å². The molecule has 15 aliphatic heterocycles. The van der Waals surface area contributed by atoms with E-state index >= 15 is 0 Å². The highest BCUT2D eigenvalue weighted by atomic mass is 16.8. The lowest BCUT2D eigenvalue weighted by Gasteiger charge is -2.36. The maximum absolute atomic E-state index is 7.23. The highest BCUT2D eigenvalue weighted by molar-refractivity contribution is 5.77. The van der Waals surface area contributed by atoms with Crippen molar-refractivity contribution in [2.75, 3.05) is 81.5 Å². The monoisotopic (exact) mass is 1360 g/mol. The second kappa shape index (κ2) is 21.2. The molecule has 0 saturated carbocycles. The molecule has 0 saturated heterocycles. The third-order valence-corrected chi connectivity index (χ3v) is 22.3. The molecule has 0 spiro atoms. The zero-order valence-corrected chi connectivity index (χ0v) is 55.5. The fraction of sp³-hybridized carbons (Fsp3) is 0.368. The van der Waals surface area contributed by atoms with Crippen LogP contribution in [0.1, 0.15) is 192 Å². The Kier molecular flexibility index (Phi) is 12.3. The fourth-order valence-electron chi connectivity index (χ4n) is 17.0. The van der Waals surface area contributed by atoms with Gasteiger partial charge in [-0.25, -0.2) is 0 Å². The molecule has 38 bridgehead atoms. The van der Waals surface area contributed by atoms with Gasteiger partial charge in [-0.1, -0.05) is 55.4 Å². The van der Waals surface area contributed by atoms with E-state index in [0.29, 0.717) is 181 Å². The van der Waals surface area contributed by atoms with Gasteiger partial charge in [-0.05, 0) is 48.5 Å². The van der Waals surface area contributed by atoms with Crippen molar-refractivity contribution in [3.8, 4) is 138 Å². The number of rotatable bonds is 0. The molecular weight excluding hydrogens is 1300 g/mol. The van der Waals surface area contributed by atoms with Crippen molar-refractivity contribution in [2.24, 2.45) is 0 Å². The largest absolute Gasteiger partial charge is 0.453 e. The van der Waals surface area contributed by atoms with Gasteiger partial charge >= 0.3 is 0 Å². The number of fused-ring (bicyclic) bond motifs is 8. The number of hydrogen-bond acceptors (Lipinski definition) is 24. The van der Waals surface area contributed by atoms with Crippen molar-refractivity contribution in [1.82, 2.24) is 0 Å². The lowest BCUT2D eigenvalue weighted by Crippen LogP contribution is -2.25. The molecule has 0 fully saturated rings. The van der Waals surface area contributed by atoms with Gasteiger partial charge in [0.25, 0.3) is 0 Å². The van der Waals surface area contributed by atoms with Gasteiger partial charge in [0.15, 0.2) is 92.0 Å². The zero-order chi connectivity index (χ0) is 66.8. The molecule has 512 valence electrons. The van der Waals surface area contributed by atoms with Gasteiger partial charge < -0.3 is 114 Å². The van der Waals surface area contributed by atoms with Gasteiger partial charge in [0.1, 0.15) is 0 Å². The van der Waals surface area contributed by atoms with E-state index in [2.05, 4.69) is 104 Å². The summed E-state index contributed by atoms with van der Waals surface area (Å²) >= 11 is 0. The molecule has 0 N–H and O–H groups in total. The molecule has 0 radical (unpaired) electrons. The van der Waals surface area contributed by atoms with Crippen molar-refractivity contribution < 1.29 is 114 Å². The summed E-state index contributed by atoms with van der Waals surface area (Å²) in [7, 11) is 0. The normalized spacial score (nSPS) is 23.4. The maximum atomic E-state index is 7.23. The Morgan fingerprint density at radius 3 is 0.280 bits per heavy atom. The molecule has 24 nitrogen and oxygen atoms in total. The van der Waals surface area contributed by atoms with Crippen LogP contribution in [0.25, 0.3) is 0 Å². The minimum absolute atomic E-state index is 0.208. The van der Waals surface area contributed by atoms with Crippen LogP contribution in [0.2, 0.25) is 0 Å². The predicted molar refractivity (Wildman–Crippen MR) is 345 cm³/mol. The molecule has 0 aromatic heterocycles. The van der Waals surface area contributed by atoms with E-state index in [-0.39, 0.29) is 100 Å². The first kappa shape index (κ1) is 58.0. The van der Waals surface area contributed by atoms with Crippen LogP contribution in [0.15, 0.2) is 48.5 Å². The van der Waals surface area contributed by atoms with Crippen LogP contribution < -0.4 is 114 Å². The Bertz CT molecular complexity index is 3810. The van der Waals surface area contributed by atoms with Crippen LogP contribution in [0.4, 0.5) is 0 Å². The highest BCUT2D eigenvalue weighted by Gasteiger charge is 2.46. The van der Waals surface area contributed by atoms with E-state index in [9.17, 15) is 0 Å². The van der Waals surface area contributed by atoms with Crippen LogP contribution in [0.5, 0.6) is 138 Å². The summed E-state index contributed by atoms with van der Waals surface area (Å²) in [6, 6.07) is 16.9. The van der Waals surface area contributed by atoms with E-state index in [0.717, 1.165) is 0 Å². The third-order valence-electron chi connectivity index (χ3n) is 22.3. The summed E-state index contributed by atoms with van der Waals surface area (Å²) < 4.78 is 169. The SMILES string of the molecule is CC1c2cc3c4c5c2OCOc2c1cc1c6c2OCOc2c7c8cc9c2OCOc2c(cc%10c%11c2OCOc2c(c(cc%12c2OCOc2c(cc(c(c2OCOc2c%13c(cc(c2OCO%11)C%10C)C(C)c2cc(c(c(c2OCO%13)OCO5)OCO7)C8C)OCO4)C3C)C%12C)C1C)OCO6)C9C. The van der Waals surface area contributed by atoms with Gasteiger partial charge in [0.2, 0.25) is 128 Å². The van der Waals surface area contributed by atoms with Crippen molar-refractivity contribution in [3.63, 3.8) is 0 Å². The summed E-state index contributed by atoms with van der Waals surface area (Å²) in [4.78, 5) is 0. The first-order chi connectivity index (χ1) is 48.9. The smallest absolute Gasteiger partial charge is 0.231 e. The molecule has 0 atom stereocenters. The summed E-state index contributed by atoms with van der Waals surface area (Å²) in [5, 5.41) is 0. The quantitative estimate of drug-likeness (QED) is 0.138. The molecular formula is C76H64O24. The van der Waals surface area contributed by atoms with Crippen LogP contribution in [-0.4, -0.2) is 81.5 Å². The summed E-state index contributed by atoms with van der Waals surface area (Å²) in [6.45, 7) is 11.9. The highest BCUT2D eigenvalue weighted by Crippen LogP contribution is 2.65. The average molecular weight is 1360 g/mol. The Labute approximate surface area is 571 Å². The van der Waals surface area contributed by atoms with Gasteiger partial charge in [0.05, 0.1) is 0 Å². The fourth-order valence-corrected chi connectivity index (χ4v) is 17.0. The molecule has 0 aliphatic carbocycles. The van der Waals surface area contributed by atoms with Gasteiger partial charge in [-0.15, -0.1) is 0 Å². The molecule has 100 heavy (non-hydrogen) atoms. The Morgan fingerprint density at radius 1 is 0.130 bits per heavy atom. The third kappa shape index (κ3) is 7.91. The summed E-state index contributed by atoms with van der Waals surface area (Å²) in [5.74, 6) is 2.10. The molecule has 0 unspecified atom stereocenters. The van der Waals surface area contributed by atoms with E-state index in [1.807, 2.05) is 0 Å². The second-order valence-electron chi connectivity index (χ2n) is 27.0.